The molecule has 18 heavy (non-hydrogen) atoms. The third kappa shape index (κ3) is 2.15. The predicted molar refractivity (Wildman–Crippen MR) is 65.8 cm³/mol. The van der Waals surface area contributed by atoms with E-state index in [0.29, 0.717) is 24.5 Å². The van der Waals surface area contributed by atoms with Gasteiger partial charge in [-0.1, -0.05) is 0 Å². The van der Waals surface area contributed by atoms with Crippen molar-refractivity contribution in [2.75, 3.05) is 32.4 Å². The van der Waals surface area contributed by atoms with Gasteiger partial charge in [-0.2, -0.15) is 5.10 Å². The lowest BCUT2D eigenvalue weighted by molar-refractivity contribution is -0.129. The van der Waals surface area contributed by atoms with Crippen LogP contribution < -0.4 is 5.73 Å². The minimum atomic E-state index is -0.232. The van der Waals surface area contributed by atoms with Crippen LogP contribution in [0, 0.1) is 0 Å². The Balaban J connectivity index is 2.18. The molecule has 0 radical (unpaired) electrons. The van der Waals surface area contributed by atoms with E-state index >= 15 is 0 Å². The van der Waals surface area contributed by atoms with Crippen LogP contribution in [0.3, 0.4) is 0 Å². The SMILES string of the molecule is CN1CCCN(C(=O)c2cnn(C)c2N)CC1=O. The second-order valence-corrected chi connectivity index (χ2v) is 4.46. The minimum Gasteiger partial charge on any atom is -0.383 e. The summed E-state index contributed by atoms with van der Waals surface area (Å²) < 4.78 is 1.44. The Morgan fingerprint density at radius 1 is 1.39 bits per heavy atom. The summed E-state index contributed by atoms with van der Waals surface area (Å²) >= 11 is 0. The Bertz CT molecular complexity index is 482. The summed E-state index contributed by atoms with van der Waals surface area (Å²) in [4.78, 5) is 27.2. The van der Waals surface area contributed by atoms with Crippen molar-refractivity contribution in [2.45, 2.75) is 6.42 Å². The molecule has 1 aliphatic heterocycles. The molecule has 2 amide bonds. The zero-order valence-electron chi connectivity index (χ0n) is 10.6. The van der Waals surface area contributed by atoms with E-state index < -0.39 is 0 Å². The summed E-state index contributed by atoms with van der Waals surface area (Å²) in [7, 11) is 3.42. The molecule has 2 N–H and O–H groups in total. The van der Waals surface area contributed by atoms with Gasteiger partial charge in [0.15, 0.2) is 0 Å². The number of aryl methyl sites for hydroxylation is 1. The number of nitrogen functional groups attached to an aromatic ring is 1. The number of likely N-dealkylation sites (N-methyl/N-ethyl adjacent to an activating group) is 1. The number of hydrogen-bond acceptors (Lipinski definition) is 4. The van der Waals surface area contributed by atoms with Gasteiger partial charge >= 0.3 is 0 Å². The average Bonchev–Trinajstić information content (AvgIpc) is 2.56. The maximum absolute atomic E-state index is 12.3. The number of anilines is 1. The van der Waals surface area contributed by atoms with E-state index in [1.165, 1.54) is 15.8 Å². The molecule has 0 bridgehead atoms. The molecular formula is C11H17N5O2. The van der Waals surface area contributed by atoms with Crippen LogP contribution in [0.5, 0.6) is 0 Å². The summed E-state index contributed by atoms with van der Waals surface area (Å²) in [6.45, 7) is 1.33. The second-order valence-electron chi connectivity index (χ2n) is 4.46. The number of carbonyl (C=O) groups excluding carboxylic acids is 2. The molecule has 1 aliphatic rings. The van der Waals surface area contributed by atoms with Gasteiger partial charge in [-0.05, 0) is 6.42 Å². The number of hydrogen-bond donors (Lipinski definition) is 1. The first-order chi connectivity index (χ1) is 8.50. The van der Waals surface area contributed by atoms with Crippen molar-refractivity contribution in [1.82, 2.24) is 19.6 Å². The van der Waals surface area contributed by atoms with Crippen LogP contribution in [-0.2, 0) is 11.8 Å². The summed E-state index contributed by atoms with van der Waals surface area (Å²) in [5, 5.41) is 3.94. The van der Waals surface area contributed by atoms with E-state index in [-0.39, 0.29) is 18.4 Å². The molecule has 7 heteroatoms. The number of amides is 2. The van der Waals surface area contributed by atoms with Gasteiger partial charge < -0.3 is 15.5 Å². The first-order valence-corrected chi connectivity index (χ1v) is 5.81. The summed E-state index contributed by atoms with van der Waals surface area (Å²) in [6.07, 6.45) is 2.21. The largest absolute Gasteiger partial charge is 0.383 e. The molecule has 1 fully saturated rings. The van der Waals surface area contributed by atoms with Crippen molar-refractivity contribution >= 4 is 17.6 Å². The number of nitrogens with two attached hydrogens (primary N) is 1. The van der Waals surface area contributed by atoms with Crippen LogP contribution in [0.1, 0.15) is 16.8 Å². The zero-order valence-corrected chi connectivity index (χ0v) is 10.6. The molecule has 0 unspecified atom stereocenters. The second kappa shape index (κ2) is 4.67. The maximum Gasteiger partial charge on any atom is 0.259 e. The number of carbonyl (C=O) groups is 2. The molecule has 0 atom stereocenters. The fourth-order valence-corrected chi connectivity index (χ4v) is 1.94. The molecule has 1 saturated heterocycles. The number of nitrogens with zero attached hydrogens (tertiary/aromatic N) is 4. The molecule has 98 valence electrons. The van der Waals surface area contributed by atoms with Crippen LogP contribution >= 0.6 is 0 Å². The van der Waals surface area contributed by atoms with E-state index in [0.717, 1.165) is 6.42 Å². The van der Waals surface area contributed by atoms with Crippen LogP contribution in [0.25, 0.3) is 0 Å². The van der Waals surface area contributed by atoms with E-state index in [2.05, 4.69) is 5.10 Å². The Labute approximate surface area is 105 Å². The topological polar surface area (TPSA) is 84.5 Å². The Hall–Kier alpha value is -2.05. The van der Waals surface area contributed by atoms with Crippen LogP contribution in [0.4, 0.5) is 5.82 Å². The molecule has 7 nitrogen and oxygen atoms in total. The first kappa shape index (κ1) is 12.4. The van der Waals surface area contributed by atoms with Crippen molar-refractivity contribution in [3.05, 3.63) is 11.8 Å². The minimum absolute atomic E-state index is 0.0525. The summed E-state index contributed by atoms with van der Waals surface area (Å²) in [5.41, 5.74) is 6.13. The highest BCUT2D eigenvalue weighted by atomic mass is 16.2. The molecule has 1 aromatic heterocycles. The van der Waals surface area contributed by atoms with Crippen LogP contribution in [0.15, 0.2) is 6.20 Å². The fourth-order valence-electron chi connectivity index (χ4n) is 1.94. The molecular weight excluding hydrogens is 234 g/mol. The molecule has 0 aliphatic carbocycles. The predicted octanol–water partition coefficient (Wildman–Crippen LogP) is -0.693. The van der Waals surface area contributed by atoms with E-state index in [4.69, 9.17) is 5.73 Å². The van der Waals surface area contributed by atoms with Crippen molar-refractivity contribution in [1.29, 1.82) is 0 Å². The highest BCUT2D eigenvalue weighted by Gasteiger charge is 2.26. The number of rotatable bonds is 1. The van der Waals surface area contributed by atoms with Gasteiger partial charge in [0.2, 0.25) is 5.91 Å². The standard InChI is InChI=1S/C11H17N5O2/c1-14-4-3-5-16(7-9(14)17)11(18)8-6-13-15(2)10(8)12/h6H,3-5,7,12H2,1-2H3. The van der Waals surface area contributed by atoms with Crippen LogP contribution in [0.2, 0.25) is 0 Å². The average molecular weight is 251 g/mol. The van der Waals surface area contributed by atoms with Crippen molar-refractivity contribution in [3.63, 3.8) is 0 Å². The smallest absolute Gasteiger partial charge is 0.259 e. The monoisotopic (exact) mass is 251 g/mol. The van der Waals surface area contributed by atoms with Gasteiger partial charge in [0.25, 0.3) is 5.91 Å². The highest BCUT2D eigenvalue weighted by molar-refractivity contribution is 6.00. The maximum atomic E-state index is 12.3. The normalized spacial score (nSPS) is 16.9. The first-order valence-electron chi connectivity index (χ1n) is 5.81. The molecule has 1 aromatic rings. The van der Waals surface area contributed by atoms with Crippen LogP contribution in [-0.4, -0.2) is 58.1 Å². The molecule has 2 heterocycles. The van der Waals surface area contributed by atoms with E-state index in [9.17, 15) is 9.59 Å². The van der Waals surface area contributed by atoms with Gasteiger partial charge in [-0.15, -0.1) is 0 Å². The Kier molecular flexibility index (Phi) is 3.22. The zero-order chi connectivity index (χ0) is 13.3. The molecule has 0 saturated carbocycles. The molecule has 2 rings (SSSR count). The lowest BCUT2D eigenvalue weighted by Gasteiger charge is -2.19. The highest BCUT2D eigenvalue weighted by Crippen LogP contribution is 2.14. The fraction of sp³-hybridized carbons (Fsp3) is 0.545. The van der Waals surface area contributed by atoms with Gasteiger partial charge in [0, 0.05) is 27.2 Å². The Morgan fingerprint density at radius 3 is 2.72 bits per heavy atom. The summed E-state index contributed by atoms with van der Waals surface area (Å²) in [5.74, 6) is 0.0395. The quantitative estimate of drug-likeness (QED) is 0.715. The van der Waals surface area contributed by atoms with E-state index in [1.54, 1.807) is 19.0 Å². The lowest BCUT2D eigenvalue weighted by atomic mass is 10.2. The number of aromatic nitrogens is 2. The van der Waals surface area contributed by atoms with Gasteiger partial charge in [-0.25, -0.2) is 0 Å². The Morgan fingerprint density at radius 2 is 2.11 bits per heavy atom. The van der Waals surface area contributed by atoms with Crippen molar-refractivity contribution in [3.8, 4) is 0 Å². The third-order valence-electron chi connectivity index (χ3n) is 3.18. The van der Waals surface area contributed by atoms with Gasteiger partial charge in [0.05, 0.1) is 6.20 Å². The molecule has 0 spiro atoms. The van der Waals surface area contributed by atoms with Crippen molar-refractivity contribution < 1.29 is 9.59 Å². The third-order valence-corrected chi connectivity index (χ3v) is 3.18. The van der Waals surface area contributed by atoms with E-state index in [1.807, 2.05) is 0 Å². The van der Waals surface area contributed by atoms with Crippen molar-refractivity contribution in [2.24, 2.45) is 7.05 Å². The van der Waals surface area contributed by atoms with Gasteiger partial charge in [0.1, 0.15) is 17.9 Å². The summed E-state index contributed by atoms with van der Waals surface area (Å²) in [6, 6.07) is 0. The lowest BCUT2D eigenvalue weighted by Crippen LogP contribution is -2.38. The molecule has 0 aromatic carbocycles. The van der Waals surface area contributed by atoms with Gasteiger partial charge in [-0.3, -0.25) is 14.3 Å².